The molecule has 0 amide bonds. The molecule has 2 aromatic rings. The molecule has 2 saturated heterocycles. The van der Waals surface area contributed by atoms with Crippen LogP contribution in [-0.4, -0.2) is 47.3 Å². The first-order valence-electron chi connectivity index (χ1n) is 9.90. The summed E-state index contributed by atoms with van der Waals surface area (Å²) in [5.41, 5.74) is 4.09. The van der Waals surface area contributed by atoms with Crippen LogP contribution in [0.15, 0.2) is 18.2 Å². The number of aromatic amines is 1. The first-order valence-corrected chi connectivity index (χ1v) is 9.90. The van der Waals surface area contributed by atoms with Crippen LogP contribution in [-0.2, 0) is 11.2 Å². The van der Waals surface area contributed by atoms with Gasteiger partial charge in [0.05, 0.1) is 0 Å². The average Bonchev–Trinajstić information content (AvgIpc) is 2.92. The quantitative estimate of drug-likeness (QED) is 0.835. The van der Waals surface area contributed by atoms with Crippen molar-refractivity contribution in [1.82, 2.24) is 9.88 Å². The molecule has 1 aromatic heterocycles. The van der Waals surface area contributed by atoms with Crippen LogP contribution in [0.25, 0.3) is 10.9 Å². The molecule has 3 aliphatic heterocycles. The number of benzene rings is 1. The molecule has 2 N–H and O–H groups in total. The number of hydrogen-bond donors (Lipinski definition) is 2. The van der Waals surface area contributed by atoms with E-state index in [1.54, 1.807) is 6.07 Å². The Kier molecular flexibility index (Phi) is 3.79. The second-order valence-corrected chi connectivity index (χ2v) is 8.17. The summed E-state index contributed by atoms with van der Waals surface area (Å²) in [7, 11) is 0. The van der Waals surface area contributed by atoms with E-state index < -0.39 is 0 Å². The third-order valence-electron chi connectivity index (χ3n) is 6.81. The van der Waals surface area contributed by atoms with Crippen LogP contribution >= 0.6 is 0 Å². The number of aromatic hydroxyl groups is 1. The molecule has 4 heteroatoms. The molecule has 3 fully saturated rings. The molecule has 0 spiro atoms. The van der Waals surface area contributed by atoms with Gasteiger partial charge in [-0.1, -0.05) is 0 Å². The van der Waals surface area contributed by atoms with Crippen molar-refractivity contribution in [3.63, 3.8) is 0 Å². The number of hydrogen-bond acceptors (Lipinski definition) is 3. The molecular weight excluding hydrogens is 312 g/mol. The minimum atomic E-state index is 0.373. The summed E-state index contributed by atoms with van der Waals surface area (Å²) in [5.74, 6) is 2.58. The highest BCUT2D eigenvalue weighted by Crippen LogP contribution is 2.51. The van der Waals surface area contributed by atoms with Crippen LogP contribution < -0.4 is 0 Å². The second-order valence-electron chi connectivity index (χ2n) is 8.17. The topological polar surface area (TPSA) is 48.5 Å². The number of H-pyrrole nitrogens is 1. The van der Waals surface area contributed by atoms with Gasteiger partial charge in [-0.15, -0.1) is 0 Å². The molecular formula is C21H28N2O2. The zero-order valence-electron chi connectivity index (χ0n) is 15.0. The highest BCUT2D eigenvalue weighted by atomic mass is 16.5. The molecule has 1 saturated carbocycles. The van der Waals surface area contributed by atoms with Crippen LogP contribution in [0.4, 0.5) is 0 Å². The van der Waals surface area contributed by atoms with Gasteiger partial charge in [-0.2, -0.15) is 0 Å². The summed E-state index contributed by atoms with van der Waals surface area (Å²) >= 11 is 0. The van der Waals surface area contributed by atoms with Gasteiger partial charge in [0.1, 0.15) is 5.75 Å². The number of aromatic nitrogens is 1. The van der Waals surface area contributed by atoms with Crippen molar-refractivity contribution in [1.29, 1.82) is 0 Å². The van der Waals surface area contributed by atoms with Gasteiger partial charge in [-0.3, -0.25) is 4.90 Å². The van der Waals surface area contributed by atoms with Crippen molar-refractivity contribution >= 4 is 10.9 Å². The van der Waals surface area contributed by atoms with E-state index in [9.17, 15) is 5.11 Å². The van der Waals surface area contributed by atoms with Gasteiger partial charge in [-0.05, 0) is 68.2 Å². The molecule has 0 radical (unpaired) electrons. The van der Waals surface area contributed by atoms with E-state index in [2.05, 4.69) is 16.8 Å². The molecule has 5 atom stereocenters. The second kappa shape index (κ2) is 6.03. The predicted molar refractivity (Wildman–Crippen MR) is 99.1 cm³/mol. The normalized spacial score (nSPS) is 33.4. The Bertz CT molecular complexity index is 784. The zero-order chi connectivity index (χ0) is 17.0. The van der Waals surface area contributed by atoms with E-state index in [1.165, 1.54) is 48.0 Å². The number of phenolic OH excluding ortho intramolecular Hbond substituents is 1. The number of nitrogens with zero attached hydrogens (tertiary/aromatic N) is 1. The molecule has 1 aliphatic carbocycles. The Balaban J connectivity index is 1.53. The van der Waals surface area contributed by atoms with E-state index in [4.69, 9.17) is 4.74 Å². The van der Waals surface area contributed by atoms with Crippen molar-refractivity contribution in [2.24, 2.45) is 11.8 Å². The summed E-state index contributed by atoms with van der Waals surface area (Å²) in [6.45, 7) is 6.24. The molecule has 5 unspecified atom stereocenters. The standard InChI is InChI=1S/C21H28N2O2/c1-2-25-8-6-14-9-13-10-18-20-16(5-7-23(12-13)21(14)18)17-11-15(24)3-4-19(17)22-20/h3-4,11,13-14,18,21-22,24H,2,5-10,12H2,1H3. The number of nitrogens with one attached hydrogen (secondary N) is 1. The van der Waals surface area contributed by atoms with Crippen LogP contribution in [0, 0.1) is 11.8 Å². The lowest BCUT2D eigenvalue weighted by atomic mass is 9.65. The summed E-state index contributed by atoms with van der Waals surface area (Å²) < 4.78 is 5.67. The number of piperidine rings is 2. The van der Waals surface area contributed by atoms with Gasteiger partial charge >= 0.3 is 0 Å². The summed E-state index contributed by atoms with van der Waals surface area (Å²) in [5, 5.41) is 11.2. The maximum absolute atomic E-state index is 9.94. The van der Waals surface area contributed by atoms with E-state index in [-0.39, 0.29) is 0 Å². The van der Waals surface area contributed by atoms with Crippen molar-refractivity contribution in [3.05, 3.63) is 29.5 Å². The lowest BCUT2D eigenvalue weighted by molar-refractivity contribution is -0.0245. The molecule has 6 rings (SSSR count). The van der Waals surface area contributed by atoms with Gasteiger partial charge in [-0.25, -0.2) is 0 Å². The first kappa shape index (κ1) is 15.7. The van der Waals surface area contributed by atoms with E-state index in [1.807, 2.05) is 12.1 Å². The fraction of sp³-hybridized carbons (Fsp3) is 0.619. The zero-order valence-corrected chi connectivity index (χ0v) is 15.0. The van der Waals surface area contributed by atoms with E-state index in [0.717, 1.165) is 38.0 Å². The molecule has 1 aromatic carbocycles. The van der Waals surface area contributed by atoms with Crippen molar-refractivity contribution in [2.75, 3.05) is 26.3 Å². The van der Waals surface area contributed by atoms with Crippen LogP contribution in [0.3, 0.4) is 0 Å². The van der Waals surface area contributed by atoms with Gasteiger partial charge < -0.3 is 14.8 Å². The average molecular weight is 340 g/mol. The third kappa shape index (κ3) is 2.49. The Morgan fingerprint density at radius 3 is 3.12 bits per heavy atom. The van der Waals surface area contributed by atoms with Crippen LogP contribution in [0.1, 0.15) is 43.4 Å². The number of ether oxygens (including phenoxy) is 1. The van der Waals surface area contributed by atoms with E-state index in [0.29, 0.717) is 17.7 Å². The summed E-state index contributed by atoms with van der Waals surface area (Å²) in [4.78, 5) is 6.51. The van der Waals surface area contributed by atoms with Gasteiger partial charge in [0.25, 0.3) is 0 Å². The van der Waals surface area contributed by atoms with Crippen molar-refractivity contribution in [3.8, 4) is 5.75 Å². The number of phenols is 1. The highest BCUT2D eigenvalue weighted by molar-refractivity contribution is 5.86. The molecule has 4 aliphatic rings. The number of rotatable bonds is 4. The lowest BCUT2D eigenvalue weighted by Crippen LogP contribution is -2.56. The predicted octanol–water partition coefficient (Wildman–Crippen LogP) is 3.65. The molecule has 134 valence electrons. The maximum Gasteiger partial charge on any atom is 0.116 e. The molecule has 4 nitrogen and oxygen atoms in total. The molecule has 4 heterocycles. The highest BCUT2D eigenvalue weighted by Gasteiger charge is 2.49. The minimum absolute atomic E-state index is 0.373. The smallest absolute Gasteiger partial charge is 0.116 e. The minimum Gasteiger partial charge on any atom is -0.508 e. The number of fused-ring (bicyclic) bond motifs is 4. The first-order chi connectivity index (χ1) is 12.2. The van der Waals surface area contributed by atoms with Crippen LogP contribution in [0.5, 0.6) is 5.75 Å². The van der Waals surface area contributed by atoms with Gasteiger partial charge in [0.2, 0.25) is 0 Å². The molecule has 4 bridgehead atoms. The summed E-state index contributed by atoms with van der Waals surface area (Å²) in [6.07, 6.45) is 4.98. The van der Waals surface area contributed by atoms with E-state index >= 15 is 0 Å². The van der Waals surface area contributed by atoms with Crippen molar-refractivity contribution < 1.29 is 9.84 Å². The van der Waals surface area contributed by atoms with Crippen LogP contribution in [0.2, 0.25) is 0 Å². The third-order valence-corrected chi connectivity index (χ3v) is 6.81. The maximum atomic E-state index is 9.94. The Morgan fingerprint density at radius 2 is 2.24 bits per heavy atom. The molecule has 25 heavy (non-hydrogen) atoms. The fourth-order valence-corrected chi connectivity index (χ4v) is 5.94. The Labute approximate surface area is 149 Å². The summed E-state index contributed by atoms with van der Waals surface area (Å²) in [6, 6.07) is 6.43. The monoisotopic (exact) mass is 340 g/mol. The lowest BCUT2D eigenvalue weighted by Gasteiger charge is -2.53. The van der Waals surface area contributed by atoms with Gasteiger partial charge in [0.15, 0.2) is 0 Å². The fourth-order valence-electron chi connectivity index (χ4n) is 5.94. The SMILES string of the molecule is CCOCCC1CC2CC3c4[nH]c5ccc(O)cc5c4CCN(C2)C13. The largest absolute Gasteiger partial charge is 0.508 e. The van der Waals surface area contributed by atoms with Gasteiger partial charge in [0, 0.05) is 54.9 Å². The van der Waals surface area contributed by atoms with Crippen molar-refractivity contribution in [2.45, 2.75) is 44.6 Å². The Hall–Kier alpha value is -1.52. The Morgan fingerprint density at radius 1 is 1.32 bits per heavy atom.